The largest absolute Gasteiger partial charge is 0.393 e. The van der Waals surface area contributed by atoms with Crippen LogP contribution in [0.15, 0.2) is 12.4 Å². The third-order valence-electron chi connectivity index (χ3n) is 3.14. The molecule has 0 aromatic carbocycles. The second kappa shape index (κ2) is 4.77. The molecule has 1 aromatic heterocycles. The number of rotatable bonds is 4. The fourth-order valence-corrected chi connectivity index (χ4v) is 2.34. The van der Waals surface area contributed by atoms with E-state index in [2.05, 4.69) is 21.9 Å². The van der Waals surface area contributed by atoms with Gasteiger partial charge in [0.1, 0.15) is 5.82 Å². The van der Waals surface area contributed by atoms with E-state index in [1.807, 2.05) is 6.20 Å². The summed E-state index contributed by atoms with van der Waals surface area (Å²) in [5.41, 5.74) is 0. The smallest absolute Gasteiger partial charge is 0.120 e. The molecule has 0 aliphatic heterocycles. The van der Waals surface area contributed by atoms with E-state index in [1.165, 1.54) is 6.42 Å². The summed E-state index contributed by atoms with van der Waals surface area (Å²) in [5, 5.41) is 9.71. The molecule has 0 bridgehead atoms. The summed E-state index contributed by atoms with van der Waals surface area (Å²) in [6.45, 7) is 1.79. The van der Waals surface area contributed by atoms with Crippen LogP contribution in [0.1, 0.15) is 25.1 Å². The normalized spacial score (nSPS) is 26.3. The van der Waals surface area contributed by atoms with E-state index >= 15 is 0 Å². The number of imidazole rings is 1. The summed E-state index contributed by atoms with van der Waals surface area (Å²) in [5.74, 6) is 1.44. The van der Waals surface area contributed by atoms with Gasteiger partial charge in [-0.05, 0) is 25.8 Å². The molecule has 0 spiro atoms. The topological polar surface area (TPSA) is 52.2 Å². The Morgan fingerprint density at radius 3 is 3.07 bits per heavy atom. The molecule has 1 aromatic rings. The minimum absolute atomic E-state index is 0.0935. The molecule has 15 heavy (non-hydrogen) atoms. The number of aliphatic hydroxyl groups is 1. The molecule has 1 aliphatic carbocycles. The second-order valence-electron chi connectivity index (χ2n) is 4.49. The fraction of sp³-hybridized carbons (Fsp3) is 0.727. The van der Waals surface area contributed by atoms with Crippen LogP contribution in [-0.4, -0.2) is 39.7 Å². The third-order valence-corrected chi connectivity index (χ3v) is 3.14. The van der Waals surface area contributed by atoms with E-state index in [4.69, 9.17) is 0 Å². The third kappa shape index (κ3) is 2.79. The van der Waals surface area contributed by atoms with E-state index in [0.29, 0.717) is 5.92 Å². The van der Waals surface area contributed by atoms with Crippen molar-refractivity contribution in [2.24, 2.45) is 5.92 Å². The van der Waals surface area contributed by atoms with E-state index in [0.717, 1.165) is 31.8 Å². The molecule has 1 saturated carbocycles. The molecule has 2 unspecified atom stereocenters. The van der Waals surface area contributed by atoms with Gasteiger partial charge in [0.05, 0.1) is 12.6 Å². The summed E-state index contributed by atoms with van der Waals surface area (Å²) in [6.07, 6.45) is 6.81. The highest BCUT2D eigenvalue weighted by Gasteiger charge is 2.26. The number of aliphatic hydroxyl groups excluding tert-OH is 1. The van der Waals surface area contributed by atoms with Gasteiger partial charge in [-0.15, -0.1) is 0 Å². The van der Waals surface area contributed by atoms with Gasteiger partial charge in [0.15, 0.2) is 0 Å². The maximum absolute atomic E-state index is 9.71. The van der Waals surface area contributed by atoms with Crippen LogP contribution in [0, 0.1) is 5.92 Å². The van der Waals surface area contributed by atoms with Crippen LogP contribution in [0.5, 0.6) is 0 Å². The van der Waals surface area contributed by atoms with Crippen LogP contribution in [-0.2, 0) is 6.54 Å². The minimum Gasteiger partial charge on any atom is -0.393 e. The Bertz CT molecular complexity index is 286. The fourth-order valence-electron chi connectivity index (χ4n) is 2.34. The summed E-state index contributed by atoms with van der Waals surface area (Å²) in [6, 6.07) is 0. The zero-order valence-corrected chi connectivity index (χ0v) is 9.19. The first-order valence-corrected chi connectivity index (χ1v) is 5.60. The van der Waals surface area contributed by atoms with Crippen molar-refractivity contribution in [1.29, 1.82) is 0 Å². The van der Waals surface area contributed by atoms with Crippen molar-refractivity contribution in [3.63, 3.8) is 0 Å². The average Bonchev–Trinajstić information content (AvgIpc) is 2.79. The Labute approximate surface area is 90.3 Å². The molecule has 0 radical (unpaired) electrons. The van der Waals surface area contributed by atoms with Crippen molar-refractivity contribution in [1.82, 2.24) is 14.9 Å². The SMILES string of the molecule is CN(Cc1ncc[nH]1)CC1CCCC1O. The van der Waals surface area contributed by atoms with Gasteiger partial charge in [-0.25, -0.2) is 4.98 Å². The first kappa shape index (κ1) is 10.6. The lowest BCUT2D eigenvalue weighted by Crippen LogP contribution is -2.29. The highest BCUT2D eigenvalue weighted by Crippen LogP contribution is 2.26. The monoisotopic (exact) mass is 209 g/mol. The average molecular weight is 209 g/mol. The maximum atomic E-state index is 9.71. The number of hydrogen-bond acceptors (Lipinski definition) is 3. The van der Waals surface area contributed by atoms with Crippen LogP contribution < -0.4 is 0 Å². The predicted octanol–water partition coefficient (Wildman–Crippen LogP) is 1.00. The number of aromatic amines is 1. The highest BCUT2D eigenvalue weighted by molar-refractivity contribution is 4.87. The predicted molar refractivity (Wildman–Crippen MR) is 58.3 cm³/mol. The van der Waals surface area contributed by atoms with E-state index < -0.39 is 0 Å². The summed E-state index contributed by atoms with van der Waals surface area (Å²) in [7, 11) is 2.08. The molecule has 1 heterocycles. The van der Waals surface area contributed by atoms with Gasteiger partial charge >= 0.3 is 0 Å². The van der Waals surface area contributed by atoms with Crippen LogP contribution in [0.25, 0.3) is 0 Å². The standard InChI is InChI=1S/C11H19N3O/c1-14(8-11-12-5-6-13-11)7-9-3-2-4-10(9)15/h5-6,9-10,15H,2-4,7-8H2,1H3,(H,12,13). The number of hydrogen-bond donors (Lipinski definition) is 2. The molecular weight excluding hydrogens is 190 g/mol. The van der Waals surface area contributed by atoms with Gasteiger partial charge in [0.25, 0.3) is 0 Å². The van der Waals surface area contributed by atoms with Gasteiger partial charge < -0.3 is 10.1 Å². The Morgan fingerprint density at radius 1 is 1.60 bits per heavy atom. The molecule has 2 N–H and O–H groups in total. The molecule has 84 valence electrons. The van der Waals surface area contributed by atoms with Gasteiger partial charge in [-0.1, -0.05) is 6.42 Å². The maximum Gasteiger partial charge on any atom is 0.120 e. The van der Waals surface area contributed by atoms with E-state index in [1.54, 1.807) is 6.20 Å². The van der Waals surface area contributed by atoms with Gasteiger partial charge in [-0.3, -0.25) is 4.90 Å². The summed E-state index contributed by atoms with van der Waals surface area (Å²) >= 11 is 0. The number of H-pyrrole nitrogens is 1. The second-order valence-corrected chi connectivity index (χ2v) is 4.49. The van der Waals surface area contributed by atoms with Gasteiger partial charge in [-0.2, -0.15) is 0 Å². The zero-order valence-electron chi connectivity index (χ0n) is 9.19. The minimum atomic E-state index is -0.0935. The number of nitrogens with one attached hydrogen (secondary N) is 1. The zero-order chi connectivity index (χ0) is 10.7. The summed E-state index contributed by atoms with van der Waals surface area (Å²) < 4.78 is 0. The van der Waals surface area contributed by atoms with Gasteiger partial charge in [0.2, 0.25) is 0 Å². The first-order valence-electron chi connectivity index (χ1n) is 5.60. The Hall–Kier alpha value is -0.870. The molecule has 0 amide bonds. The molecular formula is C11H19N3O. The van der Waals surface area contributed by atoms with Crippen LogP contribution >= 0.6 is 0 Å². The molecule has 1 fully saturated rings. The van der Waals surface area contributed by atoms with Crippen molar-refractivity contribution in [2.45, 2.75) is 31.9 Å². The lowest BCUT2D eigenvalue weighted by Gasteiger charge is -2.22. The lowest BCUT2D eigenvalue weighted by molar-refractivity contribution is 0.107. The van der Waals surface area contributed by atoms with E-state index in [-0.39, 0.29) is 6.10 Å². The number of nitrogens with zero attached hydrogens (tertiary/aromatic N) is 2. The Morgan fingerprint density at radius 2 is 2.47 bits per heavy atom. The molecule has 2 rings (SSSR count). The van der Waals surface area contributed by atoms with Crippen LogP contribution in [0.4, 0.5) is 0 Å². The summed E-state index contributed by atoms with van der Waals surface area (Å²) in [4.78, 5) is 9.50. The van der Waals surface area contributed by atoms with Crippen molar-refractivity contribution in [3.8, 4) is 0 Å². The first-order chi connectivity index (χ1) is 7.25. The van der Waals surface area contributed by atoms with Gasteiger partial charge in [0, 0.05) is 18.9 Å². The lowest BCUT2D eigenvalue weighted by atomic mass is 10.1. The highest BCUT2D eigenvalue weighted by atomic mass is 16.3. The number of aromatic nitrogens is 2. The van der Waals surface area contributed by atoms with Crippen molar-refractivity contribution >= 4 is 0 Å². The Kier molecular flexibility index (Phi) is 3.38. The van der Waals surface area contributed by atoms with Crippen LogP contribution in [0.2, 0.25) is 0 Å². The quantitative estimate of drug-likeness (QED) is 0.778. The molecule has 1 aliphatic rings. The van der Waals surface area contributed by atoms with E-state index in [9.17, 15) is 5.11 Å². The Balaban J connectivity index is 1.79. The molecule has 4 heteroatoms. The van der Waals surface area contributed by atoms with Crippen molar-refractivity contribution in [3.05, 3.63) is 18.2 Å². The van der Waals surface area contributed by atoms with Crippen molar-refractivity contribution in [2.75, 3.05) is 13.6 Å². The van der Waals surface area contributed by atoms with Crippen LogP contribution in [0.3, 0.4) is 0 Å². The molecule has 0 saturated heterocycles. The van der Waals surface area contributed by atoms with Crippen molar-refractivity contribution < 1.29 is 5.11 Å². The molecule has 2 atom stereocenters. The molecule has 4 nitrogen and oxygen atoms in total.